The van der Waals surface area contributed by atoms with Crippen molar-refractivity contribution in [3.8, 4) is 17.2 Å². The van der Waals surface area contributed by atoms with Crippen LogP contribution in [-0.2, 0) is 10.2 Å². The molecule has 1 heterocycles. The number of nitrogens with zero attached hydrogens (tertiary/aromatic N) is 1. The topological polar surface area (TPSA) is 48.0 Å². The van der Waals surface area contributed by atoms with E-state index in [0.717, 1.165) is 20.6 Å². The number of rotatable bonds is 8. The molecule has 0 spiro atoms. The first-order valence-corrected chi connectivity index (χ1v) is 14.0. The van der Waals surface area contributed by atoms with E-state index in [4.69, 9.17) is 26.4 Å². The van der Waals surface area contributed by atoms with Crippen molar-refractivity contribution >= 4 is 68.6 Å². The summed E-state index contributed by atoms with van der Waals surface area (Å²) >= 11 is 8.98. The van der Waals surface area contributed by atoms with Crippen LogP contribution in [0.25, 0.3) is 6.08 Å². The SMILES string of the molecule is COc1cc(C=C2SC(=S)N(c3ccccc3)C2=O)cc(I)c1OCCOc1ccc(C(C)(C)C)cc1. The van der Waals surface area contributed by atoms with Gasteiger partial charge in [-0.05, 0) is 81.6 Å². The summed E-state index contributed by atoms with van der Waals surface area (Å²) in [6.07, 6.45) is 1.83. The normalized spacial score (nSPS) is 14.8. The first-order valence-electron chi connectivity index (χ1n) is 11.7. The summed E-state index contributed by atoms with van der Waals surface area (Å²) in [6, 6.07) is 21.4. The van der Waals surface area contributed by atoms with Crippen molar-refractivity contribution < 1.29 is 19.0 Å². The Hall–Kier alpha value is -2.56. The molecular formula is C29H28INO4S2. The minimum absolute atomic E-state index is 0.105. The lowest BCUT2D eigenvalue weighted by atomic mass is 9.87. The van der Waals surface area contributed by atoms with E-state index in [0.29, 0.717) is 33.9 Å². The molecule has 8 heteroatoms. The number of hydrogen-bond acceptors (Lipinski definition) is 6. The lowest BCUT2D eigenvalue weighted by Crippen LogP contribution is -2.27. The average Bonchev–Trinajstić information content (AvgIpc) is 3.15. The van der Waals surface area contributed by atoms with Crippen LogP contribution >= 0.6 is 46.6 Å². The van der Waals surface area contributed by atoms with Crippen LogP contribution in [0.5, 0.6) is 17.2 Å². The minimum Gasteiger partial charge on any atom is -0.493 e. The van der Waals surface area contributed by atoms with E-state index in [1.165, 1.54) is 17.3 Å². The van der Waals surface area contributed by atoms with Crippen LogP contribution in [0, 0.1) is 3.57 Å². The number of amides is 1. The fourth-order valence-corrected chi connectivity index (χ4v) is 5.82. The van der Waals surface area contributed by atoms with E-state index in [1.807, 2.05) is 60.7 Å². The number of carbonyl (C=O) groups is 1. The zero-order valence-electron chi connectivity index (χ0n) is 21.1. The second-order valence-corrected chi connectivity index (χ2v) is 12.2. The maximum Gasteiger partial charge on any atom is 0.270 e. The van der Waals surface area contributed by atoms with E-state index in [9.17, 15) is 4.79 Å². The van der Waals surface area contributed by atoms with Gasteiger partial charge in [0.1, 0.15) is 19.0 Å². The van der Waals surface area contributed by atoms with Crippen LogP contribution in [0.2, 0.25) is 0 Å². The quantitative estimate of drug-likeness (QED) is 0.110. The van der Waals surface area contributed by atoms with Crippen LogP contribution in [-0.4, -0.2) is 30.6 Å². The van der Waals surface area contributed by atoms with Gasteiger partial charge in [-0.3, -0.25) is 9.69 Å². The molecule has 0 N–H and O–H groups in total. The van der Waals surface area contributed by atoms with Gasteiger partial charge in [-0.15, -0.1) is 0 Å². The van der Waals surface area contributed by atoms with Gasteiger partial charge in [0, 0.05) is 0 Å². The second kappa shape index (κ2) is 11.9. The standard InChI is InChI=1S/C29H28INO4S2/c1-29(2,3)20-10-12-22(13-11-20)34-14-15-35-26-23(30)16-19(17-24(26)33-4)18-25-27(32)31(28(36)37-25)21-8-6-5-7-9-21/h5-13,16-18H,14-15H2,1-4H3. The lowest BCUT2D eigenvalue weighted by molar-refractivity contribution is -0.113. The van der Waals surface area contributed by atoms with Gasteiger partial charge in [-0.2, -0.15) is 0 Å². The molecule has 0 aromatic heterocycles. The Morgan fingerprint density at radius 1 is 1.00 bits per heavy atom. The highest BCUT2D eigenvalue weighted by atomic mass is 127. The number of thioether (sulfide) groups is 1. The second-order valence-electron chi connectivity index (χ2n) is 9.36. The van der Waals surface area contributed by atoms with Crippen LogP contribution in [0.1, 0.15) is 31.9 Å². The Bertz CT molecular complexity index is 1320. The third kappa shape index (κ3) is 6.66. The van der Waals surface area contributed by atoms with Crippen molar-refractivity contribution in [2.24, 2.45) is 0 Å². The summed E-state index contributed by atoms with van der Waals surface area (Å²) in [5.74, 6) is 1.90. The highest BCUT2D eigenvalue weighted by Crippen LogP contribution is 2.39. The van der Waals surface area contributed by atoms with E-state index < -0.39 is 0 Å². The highest BCUT2D eigenvalue weighted by Gasteiger charge is 2.33. The minimum atomic E-state index is -0.136. The van der Waals surface area contributed by atoms with Crippen molar-refractivity contribution in [2.45, 2.75) is 26.2 Å². The summed E-state index contributed by atoms with van der Waals surface area (Å²) in [5.41, 5.74) is 2.96. The van der Waals surface area contributed by atoms with Gasteiger partial charge in [-0.25, -0.2) is 0 Å². The zero-order chi connectivity index (χ0) is 26.6. The largest absolute Gasteiger partial charge is 0.493 e. The molecule has 0 atom stereocenters. The number of halogens is 1. The van der Waals surface area contributed by atoms with Crippen LogP contribution in [0.4, 0.5) is 5.69 Å². The molecule has 5 nitrogen and oxygen atoms in total. The monoisotopic (exact) mass is 645 g/mol. The maximum atomic E-state index is 13.1. The number of thiocarbonyl (C=S) groups is 1. The summed E-state index contributed by atoms with van der Waals surface area (Å²) in [4.78, 5) is 15.2. The number of ether oxygens (including phenoxy) is 3. The molecule has 0 aliphatic carbocycles. The highest BCUT2D eigenvalue weighted by molar-refractivity contribution is 14.1. The van der Waals surface area contributed by atoms with Crippen LogP contribution in [0.3, 0.4) is 0 Å². The summed E-state index contributed by atoms with van der Waals surface area (Å²) < 4.78 is 18.9. The number of methoxy groups -OCH3 is 1. The molecule has 1 aliphatic rings. The van der Waals surface area contributed by atoms with Gasteiger partial charge in [0.15, 0.2) is 15.8 Å². The predicted octanol–water partition coefficient (Wildman–Crippen LogP) is 7.46. The molecule has 1 aliphatic heterocycles. The molecule has 3 aromatic carbocycles. The van der Waals surface area contributed by atoms with Crippen molar-refractivity contribution in [3.63, 3.8) is 0 Å². The van der Waals surface area contributed by atoms with E-state index >= 15 is 0 Å². The molecule has 1 fully saturated rings. The molecule has 1 amide bonds. The number of para-hydroxylation sites is 1. The van der Waals surface area contributed by atoms with Crippen molar-refractivity contribution in [2.75, 3.05) is 25.2 Å². The Morgan fingerprint density at radius 3 is 2.32 bits per heavy atom. The third-order valence-corrected chi connectivity index (χ3v) is 7.78. The summed E-state index contributed by atoms with van der Waals surface area (Å²) in [5, 5.41) is 0. The number of carbonyl (C=O) groups excluding carboxylic acids is 1. The predicted molar refractivity (Wildman–Crippen MR) is 164 cm³/mol. The Morgan fingerprint density at radius 2 is 1.68 bits per heavy atom. The van der Waals surface area contributed by atoms with E-state index in [1.54, 1.807) is 12.0 Å². The number of hydrogen-bond donors (Lipinski definition) is 0. The molecular weight excluding hydrogens is 617 g/mol. The average molecular weight is 646 g/mol. The Balaban J connectivity index is 1.42. The number of anilines is 1. The molecule has 3 aromatic rings. The smallest absolute Gasteiger partial charge is 0.270 e. The van der Waals surface area contributed by atoms with Crippen molar-refractivity contribution in [1.29, 1.82) is 0 Å². The summed E-state index contributed by atoms with van der Waals surface area (Å²) in [7, 11) is 1.60. The molecule has 1 saturated heterocycles. The van der Waals surface area contributed by atoms with Gasteiger partial charge >= 0.3 is 0 Å². The summed E-state index contributed by atoms with van der Waals surface area (Å²) in [6.45, 7) is 7.32. The molecule has 0 bridgehead atoms. The molecule has 0 radical (unpaired) electrons. The van der Waals surface area contributed by atoms with Crippen LogP contribution in [0.15, 0.2) is 71.6 Å². The van der Waals surface area contributed by atoms with Gasteiger partial charge in [0.2, 0.25) is 0 Å². The fourth-order valence-electron chi connectivity index (χ4n) is 3.74. The molecule has 192 valence electrons. The van der Waals surface area contributed by atoms with Gasteiger partial charge in [0.05, 0.1) is 21.3 Å². The van der Waals surface area contributed by atoms with Crippen molar-refractivity contribution in [1.82, 2.24) is 0 Å². The molecule has 37 heavy (non-hydrogen) atoms. The fraction of sp³-hybridized carbons (Fsp3) is 0.241. The van der Waals surface area contributed by atoms with Crippen LogP contribution < -0.4 is 19.1 Å². The molecule has 0 saturated carbocycles. The first-order chi connectivity index (χ1) is 17.7. The van der Waals surface area contributed by atoms with Gasteiger partial charge in [-0.1, -0.05) is 75.1 Å². The van der Waals surface area contributed by atoms with Gasteiger partial charge in [0.25, 0.3) is 5.91 Å². The molecule has 4 rings (SSSR count). The zero-order valence-corrected chi connectivity index (χ0v) is 24.9. The Kier molecular flexibility index (Phi) is 8.82. The number of benzene rings is 3. The first kappa shape index (κ1) is 27.5. The van der Waals surface area contributed by atoms with E-state index in [-0.39, 0.29) is 11.3 Å². The Labute approximate surface area is 241 Å². The van der Waals surface area contributed by atoms with Gasteiger partial charge < -0.3 is 14.2 Å². The van der Waals surface area contributed by atoms with Crippen molar-refractivity contribution in [3.05, 3.63) is 86.3 Å². The lowest BCUT2D eigenvalue weighted by Gasteiger charge is -2.19. The third-order valence-electron chi connectivity index (χ3n) is 5.68. The maximum absolute atomic E-state index is 13.1. The molecule has 0 unspecified atom stereocenters. The van der Waals surface area contributed by atoms with E-state index in [2.05, 4.69) is 55.5 Å².